The highest BCUT2D eigenvalue weighted by Crippen LogP contribution is 2.20. The molecule has 6 heteroatoms. The van der Waals surface area contributed by atoms with Crippen LogP contribution < -0.4 is 0 Å². The first-order chi connectivity index (χ1) is 6.61. The lowest BCUT2D eigenvalue weighted by atomic mass is 10.2. The van der Waals surface area contributed by atoms with Gasteiger partial charge >= 0.3 is 5.69 Å². The van der Waals surface area contributed by atoms with Gasteiger partial charge in [-0.05, 0) is 13.3 Å². The van der Waals surface area contributed by atoms with E-state index in [0.717, 1.165) is 12.6 Å². The van der Waals surface area contributed by atoms with E-state index in [1.165, 1.54) is 4.68 Å². The minimum atomic E-state index is -0.602. The Labute approximate surface area is 80.7 Å². The van der Waals surface area contributed by atoms with Gasteiger partial charge in [-0.2, -0.15) is 5.10 Å². The molecule has 0 aliphatic carbocycles. The summed E-state index contributed by atoms with van der Waals surface area (Å²) in [4.78, 5) is 20.6. The van der Waals surface area contributed by atoms with Gasteiger partial charge in [-0.1, -0.05) is 6.92 Å². The molecular weight excluding hydrogens is 186 g/mol. The van der Waals surface area contributed by atoms with Crippen LogP contribution >= 0.6 is 0 Å². The fourth-order valence-corrected chi connectivity index (χ4v) is 1.14. The normalized spacial score (nSPS) is 12.4. The lowest BCUT2D eigenvalue weighted by molar-refractivity contribution is -0.385. The highest BCUT2D eigenvalue weighted by atomic mass is 16.6. The maximum Gasteiger partial charge on any atom is 0.317 e. The summed E-state index contributed by atoms with van der Waals surface area (Å²) in [6.45, 7) is 3.77. The van der Waals surface area contributed by atoms with Crippen molar-refractivity contribution in [2.75, 3.05) is 0 Å². The lowest BCUT2D eigenvalue weighted by Gasteiger charge is -2.09. The first-order valence-corrected chi connectivity index (χ1v) is 4.28. The van der Waals surface area contributed by atoms with Crippen molar-refractivity contribution < 1.29 is 9.72 Å². The van der Waals surface area contributed by atoms with Gasteiger partial charge in [0.05, 0.1) is 4.92 Å². The van der Waals surface area contributed by atoms with Crippen LogP contribution in [-0.2, 0) is 0 Å². The van der Waals surface area contributed by atoms with Gasteiger partial charge in [-0.3, -0.25) is 19.6 Å². The molecule has 1 atom stereocenters. The molecule has 0 radical (unpaired) electrons. The number of carbonyl (C=O) groups is 1. The van der Waals surface area contributed by atoms with Gasteiger partial charge in [-0.25, -0.2) is 0 Å². The number of nitrogens with zero attached hydrogens (tertiary/aromatic N) is 3. The molecule has 1 rings (SSSR count). The van der Waals surface area contributed by atoms with Gasteiger partial charge in [0.2, 0.25) is 0 Å². The molecule has 1 unspecified atom stereocenters. The standard InChI is InChI=1S/C8H11N3O3/c1-3-6(2)10-8(5-12)7(4-9-10)11(13)14/h4-6H,3H2,1-2H3. The first kappa shape index (κ1) is 10.4. The van der Waals surface area contributed by atoms with Crippen molar-refractivity contribution in [3.05, 3.63) is 22.0 Å². The van der Waals surface area contributed by atoms with Crippen LogP contribution in [0.4, 0.5) is 5.69 Å². The summed E-state index contributed by atoms with van der Waals surface area (Å²) in [6, 6.07) is -0.0103. The Bertz CT molecular complexity index is 359. The highest BCUT2D eigenvalue weighted by molar-refractivity contribution is 5.78. The van der Waals surface area contributed by atoms with Crippen molar-refractivity contribution in [2.45, 2.75) is 26.3 Å². The third-order valence-corrected chi connectivity index (χ3v) is 2.13. The molecule has 0 amide bonds. The van der Waals surface area contributed by atoms with Crippen LogP contribution in [0.1, 0.15) is 36.8 Å². The van der Waals surface area contributed by atoms with Gasteiger partial charge < -0.3 is 0 Å². The number of rotatable bonds is 4. The Morgan fingerprint density at radius 1 is 1.79 bits per heavy atom. The number of nitro groups is 1. The monoisotopic (exact) mass is 197 g/mol. The first-order valence-electron chi connectivity index (χ1n) is 4.28. The fourth-order valence-electron chi connectivity index (χ4n) is 1.14. The van der Waals surface area contributed by atoms with Crippen LogP contribution in [0, 0.1) is 10.1 Å². The van der Waals surface area contributed by atoms with E-state index in [4.69, 9.17) is 0 Å². The van der Waals surface area contributed by atoms with Gasteiger partial charge in [-0.15, -0.1) is 0 Å². The molecule has 0 saturated heterocycles. The van der Waals surface area contributed by atoms with E-state index in [0.29, 0.717) is 6.29 Å². The molecule has 76 valence electrons. The summed E-state index contributed by atoms with van der Waals surface area (Å²) in [5, 5.41) is 14.3. The molecular formula is C8H11N3O3. The molecule has 6 nitrogen and oxygen atoms in total. The Morgan fingerprint density at radius 3 is 2.86 bits per heavy atom. The predicted molar refractivity (Wildman–Crippen MR) is 49.3 cm³/mol. The smallest absolute Gasteiger partial charge is 0.296 e. The lowest BCUT2D eigenvalue weighted by Crippen LogP contribution is -2.09. The number of hydrogen-bond donors (Lipinski definition) is 0. The van der Waals surface area contributed by atoms with E-state index in [-0.39, 0.29) is 17.4 Å². The largest absolute Gasteiger partial charge is 0.317 e. The van der Waals surface area contributed by atoms with E-state index >= 15 is 0 Å². The summed E-state index contributed by atoms with van der Waals surface area (Å²) >= 11 is 0. The van der Waals surface area contributed by atoms with Gasteiger partial charge in [0, 0.05) is 6.04 Å². The molecule has 0 aromatic carbocycles. The quantitative estimate of drug-likeness (QED) is 0.417. The van der Waals surface area contributed by atoms with Crippen molar-refractivity contribution in [3.63, 3.8) is 0 Å². The average Bonchev–Trinajstić information content (AvgIpc) is 2.59. The summed E-state index contributed by atoms with van der Waals surface area (Å²) in [5.41, 5.74) is -0.204. The summed E-state index contributed by atoms with van der Waals surface area (Å²) in [6.07, 6.45) is 2.34. The minimum absolute atomic E-state index is 0.0103. The van der Waals surface area contributed by atoms with E-state index in [1.54, 1.807) is 0 Å². The van der Waals surface area contributed by atoms with Crippen LogP contribution in [0.2, 0.25) is 0 Å². The van der Waals surface area contributed by atoms with E-state index in [1.807, 2.05) is 13.8 Å². The molecule has 0 bridgehead atoms. The molecule has 1 aromatic heterocycles. The van der Waals surface area contributed by atoms with Gasteiger partial charge in [0.1, 0.15) is 6.20 Å². The summed E-state index contributed by atoms with van der Waals surface area (Å²) < 4.78 is 1.38. The summed E-state index contributed by atoms with van der Waals surface area (Å²) in [7, 11) is 0. The second-order valence-corrected chi connectivity index (χ2v) is 2.99. The van der Waals surface area contributed by atoms with E-state index < -0.39 is 4.92 Å². The molecule has 0 aliphatic rings. The number of aromatic nitrogens is 2. The van der Waals surface area contributed by atoms with Gasteiger partial charge in [0.25, 0.3) is 0 Å². The third kappa shape index (κ3) is 1.63. The minimum Gasteiger partial charge on any atom is -0.296 e. The zero-order valence-electron chi connectivity index (χ0n) is 8.01. The van der Waals surface area contributed by atoms with E-state index in [2.05, 4.69) is 5.10 Å². The number of hydrogen-bond acceptors (Lipinski definition) is 4. The molecule has 0 N–H and O–H groups in total. The van der Waals surface area contributed by atoms with Crippen LogP contribution in [0.3, 0.4) is 0 Å². The predicted octanol–water partition coefficient (Wildman–Crippen LogP) is 1.57. The fraction of sp³-hybridized carbons (Fsp3) is 0.500. The molecule has 0 fully saturated rings. The second-order valence-electron chi connectivity index (χ2n) is 2.99. The zero-order valence-corrected chi connectivity index (χ0v) is 8.01. The Morgan fingerprint density at radius 2 is 2.43 bits per heavy atom. The number of carbonyl (C=O) groups excluding carboxylic acids is 1. The molecule has 0 spiro atoms. The van der Waals surface area contributed by atoms with Crippen molar-refractivity contribution in [1.82, 2.24) is 9.78 Å². The Kier molecular flexibility index (Phi) is 2.95. The van der Waals surface area contributed by atoms with Crippen molar-refractivity contribution in [2.24, 2.45) is 0 Å². The molecule has 1 heterocycles. The SMILES string of the molecule is CCC(C)n1ncc([N+](=O)[O-])c1C=O. The topological polar surface area (TPSA) is 78.0 Å². The molecule has 0 aliphatic heterocycles. The Hall–Kier alpha value is -1.72. The Balaban J connectivity index is 3.20. The average molecular weight is 197 g/mol. The van der Waals surface area contributed by atoms with Crippen molar-refractivity contribution >= 4 is 12.0 Å². The third-order valence-electron chi connectivity index (χ3n) is 2.13. The van der Waals surface area contributed by atoms with Crippen molar-refractivity contribution in [3.8, 4) is 0 Å². The second kappa shape index (κ2) is 3.99. The molecule has 14 heavy (non-hydrogen) atoms. The van der Waals surface area contributed by atoms with Crippen molar-refractivity contribution in [1.29, 1.82) is 0 Å². The maximum atomic E-state index is 10.7. The molecule has 1 aromatic rings. The molecule has 0 saturated carbocycles. The maximum absolute atomic E-state index is 10.7. The van der Waals surface area contributed by atoms with Crippen LogP contribution in [0.5, 0.6) is 0 Å². The van der Waals surface area contributed by atoms with E-state index in [9.17, 15) is 14.9 Å². The van der Waals surface area contributed by atoms with Crippen LogP contribution in [0.25, 0.3) is 0 Å². The summed E-state index contributed by atoms with van der Waals surface area (Å²) in [5.74, 6) is 0. The zero-order chi connectivity index (χ0) is 10.7. The van der Waals surface area contributed by atoms with Crippen LogP contribution in [0.15, 0.2) is 6.20 Å². The number of aldehydes is 1. The van der Waals surface area contributed by atoms with Gasteiger partial charge in [0.15, 0.2) is 12.0 Å². The highest BCUT2D eigenvalue weighted by Gasteiger charge is 2.21. The van der Waals surface area contributed by atoms with Crippen LogP contribution in [-0.4, -0.2) is 21.0 Å².